The van der Waals surface area contributed by atoms with Gasteiger partial charge in [-0.1, -0.05) is 22.4 Å². The molecule has 4 rings (SSSR count). The van der Waals surface area contributed by atoms with Crippen molar-refractivity contribution in [1.29, 1.82) is 0 Å². The molecule has 0 unspecified atom stereocenters. The maximum atomic E-state index is 13.0. The van der Waals surface area contributed by atoms with Crippen LogP contribution < -0.4 is 4.74 Å². The van der Waals surface area contributed by atoms with Gasteiger partial charge in [-0.3, -0.25) is 4.90 Å². The van der Waals surface area contributed by atoms with Crippen LogP contribution in [0.25, 0.3) is 11.4 Å². The molecule has 0 spiro atoms. The lowest BCUT2D eigenvalue weighted by Gasteiger charge is -2.32. The summed E-state index contributed by atoms with van der Waals surface area (Å²) in [6.45, 7) is 7.99. The molecule has 0 bridgehead atoms. The maximum absolute atomic E-state index is 13.0. The Morgan fingerprint density at radius 2 is 1.81 bits per heavy atom. The van der Waals surface area contributed by atoms with Gasteiger partial charge in [-0.2, -0.15) is 9.29 Å². The highest BCUT2D eigenvalue weighted by atomic mass is 32.2. The van der Waals surface area contributed by atoms with Gasteiger partial charge in [-0.25, -0.2) is 8.42 Å². The fourth-order valence-electron chi connectivity index (χ4n) is 3.65. The summed E-state index contributed by atoms with van der Waals surface area (Å²) in [5.74, 6) is 1.96. The van der Waals surface area contributed by atoms with Crippen molar-refractivity contribution in [2.45, 2.75) is 32.2 Å². The quantitative estimate of drug-likeness (QED) is 0.538. The molecule has 0 saturated carbocycles. The molecule has 1 fully saturated rings. The lowest BCUT2D eigenvalue weighted by Crippen LogP contribution is -2.48. The molecule has 31 heavy (non-hydrogen) atoms. The molecule has 1 aliphatic rings. The number of ether oxygens (including phenoxy) is 1. The first-order valence-corrected chi connectivity index (χ1v) is 11.5. The Kier molecular flexibility index (Phi) is 6.08. The fraction of sp³-hybridized carbons (Fsp3) is 0.450. The van der Waals surface area contributed by atoms with Crippen LogP contribution in [0.3, 0.4) is 0 Å². The molecule has 166 valence electrons. The Hall–Kier alpha value is -2.76. The van der Waals surface area contributed by atoms with E-state index < -0.39 is 10.0 Å². The van der Waals surface area contributed by atoms with Crippen LogP contribution in [0, 0.1) is 13.8 Å². The van der Waals surface area contributed by atoms with Gasteiger partial charge in [0.15, 0.2) is 5.76 Å². The third-order valence-electron chi connectivity index (χ3n) is 5.15. The molecule has 1 saturated heterocycles. The molecule has 0 aliphatic carbocycles. The number of piperazine rings is 1. The van der Waals surface area contributed by atoms with E-state index in [2.05, 4.69) is 20.2 Å². The van der Waals surface area contributed by atoms with E-state index >= 15 is 0 Å². The van der Waals surface area contributed by atoms with Crippen molar-refractivity contribution in [3.05, 3.63) is 41.6 Å². The predicted octanol–water partition coefficient (Wildman–Crippen LogP) is 2.25. The summed E-state index contributed by atoms with van der Waals surface area (Å²) in [6, 6.07) is 7.55. The first-order valence-electron chi connectivity index (χ1n) is 10.1. The van der Waals surface area contributed by atoms with Crippen LogP contribution in [0.1, 0.15) is 24.3 Å². The number of sulfonamides is 1. The lowest BCUT2D eigenvalue weighted by atomic mass is 10.2. The SMILES string of the molecule is CCOc1ccccc1-c1noc(CN2CCN(S(=O)(=O)c3c(C)noc3C)CC2)n1. The number of aromatic nitrogens is 3. The van der Waals surface area contributed by atoms with Crippen LogP contribution in [0.15, 0.2) is 38.2 Å². The standard InChI is InChI=1S/C20H25N5O5S/c1-4-28-17-8-6-5-7-16(17)20-21-18(30-23-20)13-24-9-11-25(12-10-24)31(26,27)19-14(2)22-29-15(19)3/h5-8H,4,9-13H2,1-3H3. The third kappa shape index (κ3) is 4.34. The molecule has 1 aliphatic heterocycles. The van der Waals surface area contributed by atoms with Crippen molar-refractivity contribution in [3.8, 4) is 17.1 Å². The summed E-state index contributed by atoms with van der Waals surface area (Å²) in [5, 5.41) is 7.85. The molecule has 10 nitrogen and oxygen atoms in total. The normalized spacial score (nSPS) is 16.0. The number of rotatable bonds is 7. The van der Waals surface area contributed by atoms with Gasteiger partial charge in [0.05, 0.1) is 18.7 Å². The lowest BCUT2D eigenvalue weighted by molar-refractivity contribution is 0.163. The monoisotopic (exact) mass is 447 g/mol. The Bertz CT molecular complexity index is 1130. The van der Waals surface area contributed by atoms with Crippen LogP contribution >= 0.6 is 0 Å². The van der Waals surface area contributed by atoms with Crippen LogP contribution in [0.2, 0.25) is 0 Å². The highest BCUT2D eigenvalue weighted by Gasteiger charge is 2.33. The van der Waals surface area contributed by atoms with Crippen molar-refractivity contribution in [1.82, 2.24) is 24.5 Å². The van der Waals surface area contributed by atoms with Crippen molar-refractivity contribution >= 4 is 10.0 Å². The van der Waals surface area contributed by atoms with Gasteiger partial charge in [0.25, 0.3) is 0 Å². The molecule has 3 heterocycles. The summed E-state index contributed by atoms with van der Waals surface area (Å²) in [5.41, 5.74) is 1.15. The van der Waals surface area contributed by atoms with E-state index in [1.165, 1.54) is 4.31 Å². The number of hydrogen-bond acceptors (Lipinski definition) is 9. The Morgan fingerprint density at radius 3 is 2.48 bits per heavy atom. The van der Waals surface area contributed by atoms with Gasteiger partial charge in [-0.15, -0.1) is 0 Å². The molecule has 11 heteroatoms. The van der Waals surface area contributed by atoms with E-state index in [-0.39, 0.29) is 4.90 Å². The predicted molar refractivity (Wildman–Crippen MR) is 111 cm³/mol. The highest BCUT2D eigenvalue weighted by molar-refractivity contribution is 7.89. The average molecular weight is 448 g/mol. The summed E-state index contributed by atoms with van der Waals surface area (Å²) >= 11 is 0. The van der Waals surface area contributed by atoms with Gasteiger partial charge >= 0.3 is 0 Å². The Morgan fingerprint density at radius 1 is 1.06 bits per heavy atom. The number of hydrogen-bond donors (Lipinski definition) is 0. The van der Waals surface area contributed by atoms with Crippen molar-refractivity contribution in [3.63, 3.8) is 0 Å². The van der Waals surface area contributed by atoms with Crippen LogP contribution in [0.5, 0.6) is 5.75 Å². The maximum Gasteiger partial charge on any atom is 0.248 e. The molecule has 2 aromatic heterocycles. The van der Waals surface area contributed by atoms with Crippen LogP contribution in [-0.2, 0) is 16.6 Å². The molecule has 0 amide bonds. The van der Waals surface area contributed by atoms with Crippen molar-refractivity contribution in [2.75, 3.05) is 32.8 Å². The van der Waals surface area contributed by atoms with E-state index in [9.17, 15) is 8.42 Å². The minimum absolute atomic E-state index is 0.162. The zero-order valence-corrected chi connectivity index (χ0v) is 18.6. The molecular formula is C20H25N5O5S. The zero-order chi connectivity index (χ0) is 22.0. The van der Waals surface area contributed by atoms with Crippen molar-refractivity contribution in [2.24, 2.45) is 0 Å². The second-order valence-electron chi connectivity index (χ2n) is 7.27. The topological polar surface area (TPSA) is 115 Å². The summed E-state index contributed by atoms with van der Waals surface area (Å²) in [7, 11) is -3.63. The summed E-state index contributed by atoms with van der Waals surface area (Å²) in [4.78, 5) is 6.75. The number of para-hydroxylation sites is 1. The molecule has 0 radical (unpaired) electrons. The Balaban J connectivity index is 1.40. The number of nitrogens with zero attached hydrogens (tertiary/aromatic N) is 5. The second kappa shape index (κ2) is 8.77. The van der Waals surface area contributed by atoms with E-state index in [4.69, 9.17) is 13.8 Å². The van der Waals surface area contributed by atoms with Gasteiger partial charge in [0.1, 0.15) is 16.3 Å². The number of benzene rings is 1. The minimum atomic E-state index is -3.63. The summed E-state index contributed by atoms with van der Waals surface area (Å²) < 4.78 is 43.5. The van der Waals surface area contributed by atoms with Gasteiger partial charge in [-0.05, 0) is 32.9 Å². The molecule has 0 atom stereocenters. The Labute approximate surface area is 180 Å². The highest BCUT2D eigenvalue weighted by Crippen LogP contribution is 2.28. The fourth-order valence-corrected chi connectivity index (χ4v) is 5.37. The minimum Gasteiger partial charge on any atom is -0.493 e. The van der Waals surface area contributed by atoms with Gasteiger partial charge in [0, 0.05) is 26.2 Å². The van der Waals surface area contributed by atoms with E-state index in [1.807, 2.05) is 31.2 Å². The molecule has 3 aromatic rings. The molecular weight excluding hydrogens is 422 g/mol. The van der Waals surface area contributed by atoms with Crippen LogP contribution in [-0.4, -0.2) is 65.7 Å². The van der Waals surface area contributed by atoms with E-state index in [1.54, 1.807) is 13.8 Å². The molecule has 0 N–H and O–H groups in total. The third-order valence-corrected chi connectivity index (χ3v) is 7.30. The van der Waals surface area contributed by atoms with E-state index in [0.29, 0.717) is 68.2 Å². The zero-order valence-electron chi connectivity index (χ0n) is 17.7. The first kappa shape index (κ1) is 21.5. The number of aryl methyl sites for hydroxylation is 2. The van der Waals surface area contributed by atoms with Crippen molar-refractivity contribution < 1.29 is 22.2 Å². The first-order chi connectivity index (χ1) is 14.9. The summed E-state index contributed by atoms with van der Waals surface area (Å²) in [6.07, 6.45) is 0. The van der Waals surface area contributed by atoms with Gasteiger partial charge in [0.2, 0.25) is 21.7 Å². The largest absolute Gasteiger partial charge is 0.493 e. The van der Waals surface area contributed by atoms with E-state index in [0.717, 1.165) is 5.56 Å². The van der Waals surface area contributed by atoms with Crippen LogP contribution in [0.4, 0.5) is 0 Å². The smallest absolute Gasteiger partial charge is 0.248 e. The molecule has 1 aromatic carbocycles. The second-order valence-corrected chi connectivity index (χ2v) is 9.15. The average Bonchev–Trinajstić information content (AvgIpc) is 3.35. The van der Waals surface area contributed by atoms with Gasteiger partial charge < -0.3 is 13.8 Å².